The summed E-state index contributed by atoms with van der Waals surface area (Å²) in [7, 11) is 0. The zero-order valence-corrected chi connectivity index (χ0v) is 19.9. The van der Waals surface area contributed by atoms with E-state index in [2.05, 4.69) is 39.1 Å². The van der Waals surface area contributed by atoms with Gasteiger partial charge < -0.3 is 14.9 Å². The third kappa shape index (κ3) is 2.68. The van der Waals surface area contributed by atoms with Gasteiger partial charge in [-0.15, -0.1) is 0 Å². The predicted octanol–water partition coefficient (Wildman–Crippen LogP) is 4.26. The Morgan fingerprint density at radius 1 is 1.06 bits per heavy atom. The standard InChI is InChI=1S/C27H43NO3/c1-15-7-10-27(28-14-15)16(2)24-22(31-27)12-21-19-6-5-17-11-18(29)8-9-25(17,3)20(19)13-23(30)26(21,24)4/h5,15-16,18-24,28-30H,6-14H2,1-4H3/t15-,16-,18-,19+,20-,21-,22-,23+,24-,25-,26+,27+/m0/s1. The maximum Gasteiger partial charge on any atom is 0.122 e. The van der Waals surface area contributed by atoms with Crippen molar-refractivity contribution in [2.24, 2.45) is 46.3 Å². The summed E-state index contributed by atoms with van der Waals surface area (Å²) in [5, 5.41) is 25.9. The van der Waals surface area contributed by atoms with E-state index in [4.69, 9.17) is 4.74 Å². The Kier molecular flexibility index (Phi) is 4.64. The molecule has 0 aromatic rings. The number of fused-ring (bicyclic) bond motifs is 7. The summed E-state index contributed by atoms with van der Waals surface area (Å²) in [6.45, 7) is 10.6. The molecule has 0 unspecified atom stereocenters. The van der Waals surface area contributed by atoms with Crippen LogP contribution in [0.3, 0.4) is 0 Å². The lowest BCUT2D eigenvalue weighted by Gasteiger charge is -2.60. The number of rotatable bonds is 0. The van der Waals surface area contributed by atoms with E-state index in [0.29, 0.717) is 29.6 Å². The minimum Gasteiger partial charge on any atom is -0.393 e. The van der Waals surface area contributed by atoms with Crippen molar-refractivity contribution in [3.8, 4) is 0 Å². The van der Waals surface area contributed by atoms with Gasteiger partial charge >= 0.3 is 0 Å². The summed E-state index contributed by atoms with van der Waals surface area (Å²) in [6.07, 6.45) is 10.7. The number of hydrogen-bond donors (Lipinski definition) is 3. The molecular weight excluding hydrogens is 386 g/mol. The van der Waals surface area contributed by atoms with Crippen LogP contribution in [0.15, 0.2) is 11.6 Å². The predicted molar refractivity (Wildman–Crippen MR) is 121 cm³/mol. The summed E-state index contributed by atoms with van der Waals surface area (Å²) in [5.41, 5.74) is 1.43. The molecule has 174 valence electrons. The van der Waals surface area contributed by atoms with Crippen molar-refractivity contribution >= 4 is 0 Å². The van der Waals surface area contributed by atoms with Crippen LogP contribution in [0, 0.1) is 46.3 Å². The highest BCUT2D eigenvalue weighted by atomic mass is 16.5. The fraction of sp³-hybridized carbons (Fsp3) is 0.926. The lowest BCUT2D eigenvalue weighted by Crippen LogP contribution is -2.59. The SMILES string of the molecule is C[C@H]1CC[C@@]2(NC1)O[C@H]1C[C@H]3[C@@H]4CC=C5C[C@@H](O)CC[C@]5(C)[C@H]4C[C@@H](O)[C@]3(C)[C@H]1[C@@H]2C. The van der Waals surface area contributed by atoms with E-state index in [1.165, 1.54) is 12.0 Å². The monoisotopic (exact) mass is 429 g/mol. The van der Waals surface area contributed by atoms with Gasteiger partial charge in [0.15, 0.2) is 0 Å². The molecule has 4 heteroatoms. The molecule has 0 amide bonds. The van der Waals surface area contributed by atoms with Crippen molar-refractivity contribution in [2.45, 2.75) is 103 Å². The fourth-order valence-corrected chi connectivity index (χ4v) is 9.79. The van der Waals surface area contributed by atoms with E-state index < -0.39 is 0 Å². The van der Waals surface area contributed by atoms with Crippen molar-refractivity contribution in [3.63, 3.8) is 0 Å². The summed E-state index contributed by atoms with van der Waals surface area (Å²) >= 11 is 0. The first kappa shape index (κ1) is 21.1. The van der Waals surface area contributed by atoms with Gasteiger partial charge in [-0.3, -0.25) is 5.32 Å². The van der Waals surface area contributed by atoms with Crippen LogP contribution in [0.1, 0.15) is 79.1 Å². The van der Waals surface area contributed by atoms with Crippen molar-refractivity contribution in [3.05, 3.63) is 11.6 Å². The smallest absolute Gasteiger partial charge is 0.122 e. The van der Waals surface area contributed by atoms with Crippen LogP contribution in [-0.2, 0) is 4.74 Å². The first-order chi connectivity index (χ1) is 14.7. The Balaban J connectivity index is 1.32. The fourth-order valence-electron chi connectivity index (χ4n) is 9.79. The average Bonchev–Trinajstić information content (AvgIpc) is 3.18. The van der Waals surface area contributed by atoms with E-state index in [1.54, 1.807) is 0 Å². The van der Waals surface area contributed by atoms with Crippen LogP contribution >= 0.6 is 0 Å². The molecule has 31 heavy (non-hydrogen) atoms. The number of aliphatic hydroxyl groups is 2. The lowest BCUT2D eigenvalue weighted by molar-refractivity contribution is -0.146. The molecule has 6 aliphatic rings. The Bertz CT molecular complexity index is 772. The van der Waals surface area contributed by atoms with Gasteiger partial charge in [-0.1, -0.05) is 39.3 Å². The van der Waals surface area contributed by atoms with Crippen molar-refractivity contribution in [2.75, 3.05) is 6.54 Å². The average molecular weight is 430 g/mol. The van der Waals surface area contributed by atoms with Gasteiger partial charge in [0.1, 0.15) is 5.72 Å². The number of ether oxygens (including phenoxy) is 1. The Hall–Kier alpha value is -0.420. The van der Waals surface area contributed by atoms with E-state index in [0.717, 1.165) is 57.4 Å². The molecule has 3 N–H and O–H groups in total. The van der Waals surface area contributed by atoms with Crippen LogP contribution in [0.5, 0.6) is 0 Å². The highest BCUT2D eigenvalue weighted by molar-refractivity contribution is 5.27. The molecule has 12 atom stereocenters. The van der Waals surface area contributed by atoms with E-state index in [-0.39, 0.29) is 34.9 Å². The van der Waals surface area contributed by atoms with E-state index in [1.807, 2.05) is 0 Å². The summed E-state index contributed by atoms with van der Waals surface area (Å²) in [4.78, 5) is 0. The van der Waals surface area contributed by atoms with Crippen LogP contribution in [0.4, 0.5) is 0 Å². The van der Waals surface area contributed by atoms with Crippen LogP contribution in [0.25, 0.3) is 0 Å². The molecule has 6 rings (SSSR count). The minimum atomic E-state index is -0.250. The number of allylic oxidation sites excluding steroid dienone is 1. The molecule has 0 aromatic heterocycles. The molecule has 0 radical (unpaired) electrons. The third-order valence-corrected chi connectivity index (χ3v) is 11.7. The maximum absolute atomic E-state index is 11.8. The number of aliphatic hydroxyl groups excluding tert-OH is 2. The second kappa shape index (κ2) is 6.81. The second-order valence-electron chi connectivity index (χ2n) is 12.9. The second-order valence-corrected chi connectivity index (χ2v) is 12.9. The quantitative estimate of drug-likeness (QED) is 0.504. The third-order valence-electron chi connectivity index (χ3n) is 11.7. The zero-order valence-electron chi connectivity index (χ0n) is 19.9. The molecular formula is C27H43NO3. The Labute approximate surface area is 188 Å². The summed E-state index contributed by atoms with van der Waals surface area (Å²) < 4.78 is 6.93. The van der Waals surface area contributed by atoms with Crippen LogP contribution in [-0.4, -0.2) is 40.8 Å². The number of piperidine rings is 1. The Morgan fingerprint density at radius 3 is 2.61 bits per heavy atom. The first-order valence-corrected chi connectivity index (χ1v) is 13.2. The maximum atomic E-state index is 11.8. The van der Waals surface area contributed by atoms with Crippen molar-refractivity contribution < 1.29 is 14.9 Å². The van der Waals surface area contributed by atoms with Crippen molar-refractivity contribution in [1.82, 2.24) is 5.32 Å². The lowest BCUT2D eigenvalue weighted by atomic mass is 9.46. The van der Waals surface area contributed by atoms with Gasteiger partial charge in [-0.2, -0.15) is 0 Å². The van der Waals surface area contributed by atoms with Gasteiger partial charge in [-0.25, -0.2) is 0 Å². The molecule has 3 saturated carbocycles. The summed E-state index contributed by atoms with van der Waals surface area (Å²) in [5.74, 6) is 3.35. The highest BCUT2D eigenvalue weighted by Gasteiger charge is 2.70. The topological polar surface area (TPSA) is 61.7 Å². The Morgan fingerprint density at radius 2 is 1.87 bits per heavy atom. The van der Waals surface area contributed by atoms with Gasteiger partial charge in [0.25, 0.3) is 0 Å². The summed E-state index contributed by atoms with van der Waals surface area (Å²) in [6, 6.07) is 0. The van der Waals surface area contributed by atoms with E-state index >= 15 is 0 Å². The van der Waals surface area contributed by atoms with Crippen LogP contribution in [0.2, 0.25) is 0 Å². The molecule has 0 bridgehead atoms. The van der Waals surface area contributed by atoms with Gasteiger partial charge in [-0.05, 0) is 86.4 Å². The molecule has 0 aromatic carbocycles. The molecule has 4 aliphatic carbocycles. The normalized spacial score (nSPS) is 60.7. The largest absolute Gasteiger partial charge is 0.393 e. The number of hydrogen-bond acceptors (Lipinski definition) is 4. The molecule has 1 spiro atoms. The molecule has 4 nitrogen and oxygen atoms in total. The van der Waals surface area contributed by atoms with Crippen molar-refractivity contribution in [1.29, 1.82) is 0 Å². The molecule has 2 aliphatic heterocycles. The molecule has 2 saturated heterocycles. The highest BCUT2D eigenvalue weighted by Crippen LogP contribution is 2.70. The minimum absolute atomic E-state index is 0.0463. The van der Waals surface area contributed by atoms with E-state index in [9.17, 15) is 10.2 Å². The zero-order chi connectivity index (χ0) is 21.8. The van der Waals surface area contributed by atoms with Gasteiger partial charge in [0.05, 0.1) is 18.3 Å². The van der Waals surface area contributed by atoms with Crippen LogP contribution < -0.4 is 5.32 Å². The van der Waals surface area contributed by atoms with Gasteiger partial charge in [0, 0.05) is 17.9 Å². The first-order valence-electron chi connectivity index (χ1n) is 13.2. The number of nitrogens with one attached hydrogen (secondary N) is 1. The van der Waals surface area contributed by atoms with Gasteiger partial charge in [0.2, 0.25) is 0 Å². The molecule has 2 heterocycles. The molecule has 5 fully saturated rings.